The third-order valence-corrected chi connectivity index (χ3v) is 3.10. The third kappa shape index (κ3) is 2.95. The van der Waals surface area contributed by atoms with Crippen LogP contribution in [0.15, 0.2) is 40.5 Å². The van der Waals surface area contributed by atoms with Crippen molar-refractivity contribution in [2.75, 3.05) is 5.43 Å². The number of benzene rings is 1. The van der Waals surface area contributed by atoms with Gasteiger partial charge in [0.15, 0.2) is 5.03 Å². The van der Waals surface area contributed by atoms with Crippen molar-refractivity contribution < 1.29 is 9.31 Å². The summed E-state index contributed by atoms with van der Waals surface area (Å²) in [6, 6.07) is 5.67. The third-order valence-electron chi connectivity index (χ3n) is 2.12. The summed E-state index contributed by atoms with van der Waals surface area (Å²) in [5.74, 6) is 4.63. The van der Waals surface area contributed by atoms with Gasteiger partial charge in [0.25, 0.3) is 0 Å². The molecule has 1 aromatic carbocycles. The zero-order chi connectivity index (χ0) is 13.8. The van der Waals surface area contributed by atoms with Gasteiger partial charge >= 0.3 is 5.69 Å². The number of hydrogen-bond acceptors (Lipinski definition) is 7. The number of nitrogen functional groups attached to an aromatic ring is 1. The minimum atomic E-state index is -0.642. The molecule has 0 saturated carbocycles. The molecule has 1 heterocycles. The number of nitrogens with one attached hydrogen (secondary N) is 1. The summed E-state index contributed by atoms with van der Waals surface area (Å²) >= 11 is 0.958. The lowest BCUT2D eigenvalue weighted by molar-refractivity contribution is -0.387. The van der Waals surface area contributed by atoms with Gasteiger partial charge in [-0.15, -0.1) is 0 Å². The van der Waals surface area contributed by atoms with Crippen molar-refractivity contribution in [2.24, 2.45) is 5.84 Å². The first-order valence-electron chi connectivity index (χ1n) is 5.01. The number of nitrogens with zero attached hydrogens (tertiary/aromatic N) is 3. The van der Waals surface area contributed by atoms with Gasteiger partial charge in [0.1, 0.15) is 12.1 Å². The fourth-order valence-corrected chi connectivity index (χ4v) is 2.26. The molecule has 0 aliphatic heterocycles. The second-order valence-corrected chi connectivity index (χ2v) is 4.40. The van der Waals surface area contributed by atoms with Crippen molar-refractivity contribution in [3.05, 3.63) is 46.5 Å². The number of anilines is 1. The number of hydrogen-bond donors (Lipinski definition) is 2. The van der Waals surface area contributed by atoms with Crippen LogP contribution in [-0.2, 0) is 0 Å². The molecule has 0 radical (unpaired) electrons. The van der Waals surface area contributed by atoms with Gasteiger partial charge in [-0.05, 0) is 18.2 Å². The summed E-state index contributed by atoms with van der Waals surface area (Å²) in [7, 11) is 0. The van der Waals surface area contributed by atoms with E-state index >= 15 is 0 Å². The highest BCUT2D eigenvalue weighted by Gasteiger charge is 2.23. The van der Waals surface area contributed by atoms with E-state index in [-0.39, 0.29) is 16.5 Å². The number of rotatable bonds is 4. The molecule has 0 aliphatic rings. The lowest BCUT2D eigenvalue weighted by atomic mass is 10.4. The SMILES string of the molecule is NNc1ncnc(Sc2cccc(F)c2)c1[N+](=O)[O-]. The quantitative estimate of drug-likeness (QED) is 0.382. The first-order chi connectivity index (χ1) is 9.11. The van der Waals surface area contributed by atoms with Crippen molar-refractivity contribution in [1.29, 1.82) is 0 Å². The average molecular weight is 281 g/mol. The first kappa shape index (κ1) is 13.2. The Labute approximate surface area is 111 Å². The predicted octanol–water partition coefficient (Wildman–Crippen LogP) is 1.96. The molecule has 0 spiro atoms. The summed E-state index contributed by atoms with van der Waals surface area (Å²) in [6.45, 7) is 0. The average Bonchev–Trinajstić information content (AvgIpc) is 2.38. The highest BCUT2D eigenvalue weighted by atomic mass is 32.2. The minimum absolute atomic E-state index is 0.0820. The lowest BCUT2D eigenvalue weighted by Gasteiger charge is -2.05. The number of nitrogens with two attached hydrogens (primary N) is 1. The van der Waals surface area contributed by atoms with Crippen LogP contribution in [0.4, 0.5) is 15.9 Å². The van der Waals surface area contributed by atoms with Crippen LogP contribution in [0.5, 0.6) is 0 Å². The Morgan fingerprint density at radius 1 is 1.42 bits per heavy atom. The van der Waals surface area contributed by atoms with E-state index in [4.69, 9.17) is 5.84 Å². The van der Waals surface area contributed by atoms with Gasteiger partial charge in [-0.3, -0.25) is 10.1 Å². The van der Waals surface area contributed by atoms with Gasteiger partial charge in [-0.1, -0.05) is 17.8 Å². The van der Waals surface area contributed by atoms with Crippen LogP contribution in [-0.4, -0.2) is 14.9 Å². The summed E-state index contributed by atoms with van der Waals surface area (Å²) in [4.78, 5) is 18.3. The molecule has 0 aliphatic carbocycles. The fourth-order valence-electron chi connectivity index (χ4n) is 1.35. The van der Waals surface area contributed by atoms with Crippen LogP contribution >= 0.6 is 11.8 Å². The predicted molar refractivity (Wildman–Crippen MR) is 67.0 cm³/mol. The number of aromatic nitrogens is 2. The molecule has 98 valence electrons. The Balaban J connectivity index is 2.42. The van der Waals surface area contributed by atoms with E-state index in [0.717, 1.165) is 18.1 Å². The highest BCUT2D eigenvalue weighted by Crippen LogP contribution is 2.36. The van der Waals surface area contributed by atoms with Crippen molar-refractivity contribution >= 4 is 23.3 Å². The van der Waals surface area contributed by atoms with Gasteiger partial charge in [0.2, 0.25) is 5.82 Å². The van der Waals surface area contributed by atoms with E-state index in [2.05, 4.69) is 15.4 Å². The molecule has 9 heteroatoms. The molecule has 2 aromatic rings. The van der Waals surface area contributed by atoms with Crippen molar-refractivity contribution in [2.45, 2.75) is 9.92 Å². The normalized spacial score (nSPS) is 10.2. The Morgan fingerprint density at radius 2 is 2.21 bits per heavy atom. The Hall–Kier alpha value is -2.26. The van der Waals surface area contributed by atoms with Crippen LogP contribution in [0, 0.1) is 15.9 Å². The van der Waals surface area contributed by atoms with E-state index in [9.17, 15) is 14.5 Å². The molecular formula is C10H8FN5O2S. The number of halogens is 1. The molecule has 0 amide bonds. The van der Waals surface area contributed by atoms with Crippen LogP contribution in [0.25, 0.3) is 0 Å². The van der Waals surface area contributed by atoms with Crippen LogP contribution < -0.4 is 11.3 Å². The van der Waals surface area contributed by atoms with Gasteiger partial charge in [0, 0.05) is 4.90 Å². The lowest BCUT2D eigenvalue weighted by Crippen LogP contribution is -2.11. The second-order valence-electron chi connectivity index (χ2n) is 3.34. The Morgan fingerprint density at radius 3 is 2.84 bits per heavy atom. The fraction of sp³-hybridized carbons (Fsp3) is 0. The molecule has 19 heavy (non-hydrogen) atoms. The van der Waals surface area contributed by atoms with Gasteiger partial charge in [0.05, 0.1) is 4.92 Å². The van der Waals surface area contributed by atoms with Gasteiger partial charge in [-0.2, -0.15) is 0 Å². The molecule has 7 nitrogen and oxygen atoms in total. The molecule has 1 aromatic heterocycles. The topological polar surface area (TPSA) is 107 Å². The molecule has 0 unspecified atom stereocenters. The van der Waals surface area contributed by atoms with Crippen LogP contribution in [0.3, 0.4) is 0 Å². The Bertz CT molecular complexity index is 625. The molecule has 2 rings (SSSR count). The smallest absolute Gasteiger partial charge is 0.303 e. The van der Waals surface area contributed by atoms with Gasteiger partial charge in [-0.25, -0.2) is 20.2 Å². The van der Waals surface area contributed by atoms with E-state index < -0.39 is 10.7 Å². The van der Waals surface area contributed by atoms with E-state index in [1.807, 2.05) is 0 Å². The Kier molecular flexibility index (Phi) is 3.88. The number of nitro groups is 1. The highest BCUT2D eigenvalue weighted by molar-refractivity contribution is 7.99. The summed E-state index contributed by atoms with van der Waals surface area (Å²) < 4.78 is 13.1. The zero-order valence-corrected chi connectivity index (χ0v) is 10.2. The van der Waals surface area contributed by atoms with E-state index in [0.29, 0.717) is 4.90 Å². The molecule has 0 saturated heterocycles. The minimum Gasteiger partial charge on any atom is -0.303 e. The largest absolute Gasteiger partial charge is 0.344 e. The standard InChI is InChI=1S/C10H8FN5O2S/c11-6-2-1-3-7(4-6)19-10-8(16(17)18)9(15-12)13-5-14-10/h1-5H,12H2,(H,13,14,15). The molecule has 0 fully saturated rings. The van der Waals surface area contributed by atoms with Crippen LogP contribution in [0.2, 0.25) is 0 Å². The van der Waals surface area contributed by atoms with Crippen molar-refractivity contribution in [3.8, 4) is 0 Å². The van der Waals surface area contributed by atoms with Crippen LogP contribution in [0.1, 0.15) is 0 Å². The summed E-state index contributed by atoms with van der Waals surface area (Å²) in [5.41, 5.74) is 1.79. The monoisotopic (exact) mass is 281 g/mol. The number of hydrazine groups is 1. The molecule has 3 N–H and O–H groups in total. The maximum atomic E-state index is 13.1. The summed E-state index contributed by atoms with van der Waals surface area (Å²) in [5, 5.41) is 11.1. The van der Waals surface area contributed by atoms with Crippen molar-refractivity contribution in [3.63, 3.8) is 0 Å². The van der Waals surface area contributed by atoms with E-state index in [1.165, 1.54) is 18.2 Å². The molecule has 0 bridgehead atoms. The molecular weight excluding hydrogens is 273 g/mol. The summed E-state index contributed by atoms with van der Waals surface area (Å²) in [6.07, 6.45) is 1.14. The van der Waals surface area contributed by atoms with Crippen molar-refractivity contribution in [1.82, 2.24) is 9.97 Å². The second kappa shape index (κ2) is 5.59. The zero-order valence-electron chi connectivity index (χ0n) is 9.41. The van der Waals surface area contributed by atoms with Gasteiger partial charge < -0.3 is 5.43 Å². The maximum Gasteiger partial charge on any atom is 0.344 e. The maximum absolute atomic E-state index is 13.1. The molecule has 0 atom stereocenters. The van der Waals surface area contributed by atoms with E-state index in [1.54, 1.807) is 6.07 Å². The first-order valence-corrected chi connectivity index (χ1v) is 5.83.